The van der Waals surface area contributed by atoms with Gasteiger partial charge in [0.25, 0.3) is 0 Å². The number of benzene rings is 3. The van der Waals surface area contributed by atoms with Crippen LogP contribution in [0.3, 0.4) is 0 Å². The summed E-state index contributed by atoms with van der Waals surface area (Å²) in [5.41, 5.74) is 1.74. The van der Waals surface area contributed by atoms with Gasteiger partial charge < -0.3 is 10.6 Å². The predicted octanol–water partition coefficient (Wildman–Crippen LogP) is 5.04. The summed E-state index contributed by atoms with van der Waals surface area (Å²) >= 11 is 3.40. The largest absolute Gasteiger partial charge is 0.374 e. The topological polar surface area (TPSA) is 41.1 Å². The molecule has 0 aliphatic heterocycles. The van der Waals surface area contributed by atoms with Crippen LogP contribution in [0.1, 0.15) is 6.92 Å². The lowest BCUT2D eigenvalue weighted by atomic mass is 10.1. The average molecular weight is 369 g/mol. The van der Waals surface area contributed by atoms with Gasteiger partial charge in [0, 0.05) is 21.2 Å². The SMILES string of the molecule is C[C@@H](Nc1ccc(Br)cc1)C(=O)Nc1cccc2ccccc12. The van der Waals surface area contributed by atoms with Gasteiger partial charge in [-0.1, -0.05) is 52.3 Å². The van der Waals surface area contributed by atoms with Crippen LogP contribution in [0, 0.1) is 0 Å². The molecule has 0 saturated carbocycles. The summed E-state index contributed by atoms with van der Waals surface area (Å²) in [5.74, 6) is -0.0655. The first kappa shape index (κ1) is 15.6. The lowest BCUT2D eigenvalue weighted by Gasteiger charge is -2.16. The average Bonchev–Trinajstić information content (AvgIpc) is 2.57. The van der Waals surface area contributed by atoms with Crippen molar-refractivity contribution >= 4 is 44.0 Å². The minimum atomic E-state index is -0.338. The third kappa shape index (κ3) is 3.71. The van der Waals surface area contributed by atoms with E-state index in [4.69, 9.17) is 0 Å². The van der Waals surface area contributed by atoms with Crippen molar-refractivity contribution in [1.82, 2.24) is 0 Å². The van der Waals surface area contributed by atoms with E-state index in [9.17, 15) is 4.79 Å². The molecule has 4 heteroatoms. The van der Waals surface area contributed by atoms with E-state index >= 15 is 0 Å². The third-order valence-electron chi connectivity index (χ3n) is 3.67. The Balaban J connectivity index is 1.74. The molecule has 0 fully saturated rings. The van der Waals surface area contributed by atoms with Gasteiger partial charge in [0.1, 0.15) is 6.04 Å². The Labute approximate surface area is 143 Å². The molecule has 0 aromatic heterocycles. The molecule has 1 atom stereocenters. The number of rotatable bonds is 4. The highest BCUT2D eigenvalue weighted by Crippen LogP contribution is 2.23. The molecule has 3 nitrogen and oxygen atoms in total. The Morgan fingerprint density at radius 3 is 2.43 bits per heavy atom. The molecule has 0 radical (unpaired) electrons. The van der Waals surface area contributed by atoms with Gasteiger partial charge in [-0.2, -0.15) is 0 Å². The summed E-state index contributed by atoms with van der Waals surface area (Å²) in [6.45, 7) is 1.85. The van der Waals surface area contributed by atoms with Crippen molar-refractivity contribution in [3.05, 3.63) is 71.2 Å². The van der Waals surface area contributed by atoms with E-state index < -0.39 is 0 Å². The maximum Gasteiger partial charge on any atom is 0.246 e. The summed E-state index contributed by atoms with van der Waals surface area (Å²) in [6, 6.07) is 21.3. The smallest absolute Gasteiger partial charge is 0.246 e. The molecule has 0 heterocycles. The minimum Gasteiger partial charge on any atom is -0.374 e. The predicted molar refractivity (Wildman–Crippen MR) is 99.8 cm³/mol. The molecule has 23 heavy (non-hydrogen) atoms. The second-order valence-electron chi connectivity index (χ2n) is 5.39. The van der Waals surface area contributed by atoms with E-state index in [1.807, 2.05) is 73.7 Å². The monoisotopic (exact) mass is 368 g/mol. The molecule has 0 unspecified atom stereocenters. The first-order chi connectivity index (χ1) is 11.1. The molecule has 2 N–H and O–H groups in total. The maximum absolute atomic E-state index is 12.4. The molecule has 1 amide bonds. The number of carbonyl (C=O) groups is 1. The Hall–Kier alpha value is -2.33. The van der Waals surface area contributed by atoms with E-state index in [1.54, 1.807) is 0 Å². The van der Waals surface area contributed by atoms with Crippen molar-refractivity contribution in [3.8, 4) is 0 Å². The summed E-state index contributed by atoms with van der Waals surface area (Å²) in [7, 11) is 0. The summed E-state index contributed by atoms with van der Waals surface area (Å²) in [5, 5.41) is 8.36. The number of amides is 1. The zero-order valence-electron chi connectivity index (χ0n) is 12.7. The van der Waals surface area contributed by atoms with E-state index in [0.717, 1.165) is 26.6 Å². The zero-order valence-corrected chi connectivity index (χ0v) is 14.3. The normalized spacial score (nSPS) is 11.9. The number of fused-ring (bicyclic) bond motifs is 1. The number of hydrogen-bond donors (Lipinski definition) is 2. The van der Waals surface area contributed by atoms with Crippen LogP contribution in [-0.2, 0) is 4.79 Å². The number of hydrogen-bond acceptors (Lipinski definition) is 2. The van der Waals surface area contributed by atoms with Crippen LogP contribution in [0.4, 0.5) is 11.4 Å². The first-order valence-electron chi connectivity index (χ1n) is 7.44. The molecule has 0 aliphatic rings. The van der Waals surface area contributed by atoms with E-state index in [0.29, 0.717) is 0 Å². The minimum absolute atomic E-state index is 0.0655. The molecule has 0 bridgehead atoms. The van der Waals surface area contributed by atoms with Crippen LogP contribution in [0.5, 0.6) is 0 Å². The molecular formula is C19H17BrN2O. The van der Waals surface area contributed by atoms with Crippen LogP contribution in [0.2, 0.25) is 0 Å². The van der Waals surface area contributed by atoms with Crippen molar-refractivity contribution in [1.29, 1.82) is 0 Å². The van der Waals surface area contributed by atoms with Crippen molar-refractivity contribution in [2.75, 3.05) is 10.6 Å². The molecular weight excluding hydrogens is 352 g/mol. The van der Waals surface area contributed by atoms with Gasteiger partial charge in [0.2, 0.25) is 5.91 Å². The van der Waals surface area contributed by atoms with Crippen molar-refractivity contribution in [2.45, 2.75) is 13.0 Å². The molecule has 116 valence electrons. The molecule has 3 aromatic carbocycles. The van der Waals surface area contributed by atoms with Gasteiger partial charge in [-0.15, -0.1) is 0 Å². The van der Waals surface area contributed by atoms with E-state index in [2.05, 4.69) is 26.6 Å². The summed E-state index contributed by atoms with van der Waals surface area (Å²) in [4.78, 5) is 12.4. The molecule has 0 aliphatic carbocycles. The van der Waals surface area contributed by atoms with Gasteiger partial charge in [0.05, 0.1) is 0 Å². The Kier molecular flexibility index (Phi) is 4.63. The van der Waals surface area contributed by atoms with Gasteiger partial charge in [-0.3, -0.25) is 4.79 Å². The van der Waals surface area contributed by atoms with Crippen molar-refractivity contribution in [3.63, 3.8) is 0 Å². The summed E-state index contributed by atoms with van der Waals surface area (Å²) < 4.78 is 1.01. The molecule has 3 rings (SSSR count). The first-order valence-corrected chi connectivity index (χ1v) is 8.23. The van der Waals surface area contributed by atoms with Crippen LogP contribution in [-0.4, -0.2) is 11.9 Å². The van der Waals surface area contributed by atoms with Crippen LogP contribution < -0.4 is 10.6 Å². The zero-order chi connectivity index (χ0) is 16.2. The summed E-state index contributed by atoms with van der Waals surface area (Å²) in [6.07, 6.45) is 0. The van der Waals surface area contributed by atoms with Crippen molar-refractivity contribution in [2.24, 2.45) is 0 Å². The maximum atomic E-state index is 12.4. The second kappa shape index (κ2) is 6.84. The molecule has 0 spiro atoms. The Morgan fingerprint density at radius 1 is 0.957 bits per heavy atom. The Morgan fingerprint density at radius 2 is 1.65 bits per heavy atom. The van der Waals surface area contributed by atoms with E-state index in [-0.39, 0.29) is 11.9 Å². The molecule has 0 saturated heterocycles. The fourth-order valence-corrected chi connectivity index (χ4v) is 2.70. The number of nitrogens with one attached hydrogen (secondary N) is 2. The second-order valence-corrected chi connectivity index (χ2v) is 6.30. The van der Waals surface area contributed by atoms with E-state index in [1.165, 1.54) is 0 Å². The quantitative estimate of drug-likeness (QED) is 0.676. The lowest BCUT2D eigenvalue weighted by molar-refractivity contribution is -0.116. The van der Waals surface area contributed by atoms with Gasteiger partial charge in [-0.05, 0) is 42.6 Å². The van der Waals surface area contributed by atoms with Gasteiger partial charge >= 0.3 is 0 Å². The highest BCUT2D eigenvalue weighted by atomic mass is 79.9. The van der Waals surface area contributed by atoms with Crippen LogP contribution >= 0.6 is 15.9 Å². The number of anilines is 2. The molecule has 3 aromatic rings. The van der Waals surface area contributed by atoms with Gasteiger partial charge in [-0.25, -0.2) is 0 Å². The Bertz CT molecular complexity index is 825. The third-order valence-corrected chi connectivity index (χ3v) is 4.20. The standard InChI is InChI=1S/C19H17BrN2O/c1-13(21-16-11-9-15(20)10-12-16)19(23)22-18-8-4-6-14-5-2-3-7-17(14)18/h2-13,21H,1H3,(H,22,23)/t13-/m1/s1. The fraction of sp³-hybridized carbons (Fsp3) is 0.105. The van der Waals surface area contributed by atoms with Crippen LogP contribution in [0.15, 0.2) is 71.2 Å². The number of halogens is 1. The van der Waals surface area contributed by atoms with Crippen molar-refractivity contribution < 1.29 is 4.79 Å². The highest BCUT2D eigenvalue weighted by molar-refractivity contribution is 9.10. The fourth-order valence-electron chi connectivity index (χ4n) is 2.44. The highest BCUT2D eigenvalue weighted by Gasteiger charge is 2.13. The lowest BCUT2D eigenvalue weighted by Crippen LogP contribution is -2.31. The van der Waals surface area contributed by atoms with Gasteiger partial charge in [0.15, 0.2) is 0 Å². The number of carbonyl (C=O) groups excluding carboxylic acids is 1. The van der Waals surface area contributed by atoms with Crippen LogP contribution in [0.25, 0.3) is 10.8 Å².